The van der Waals surface area contributed by atoms with E-state index in [1.54, 1.807) is 11.3 Å². The zero-order valence-electron chi connectivity index (χ0n) is 9.66. The molecule has 1 aromatic heterocycles. The summed E-state index contributed by atoms with van der Waals surface area (Å²) in [5.74, 6) is 0.670. The molecule has 0 radical (unpaired) electrons. The van der Waals surface area contributed by atoms with Crippen molar-refractivity contribution < 1.29 is 4.74 Å². The summed E-state index contributed by atoms with van der Waals surface area (Å²) >= 11 is 1.75. The van der Waals surface area contributed by atoms with E-state index in [9.17, 15) is 0 Å². The Hall–Kier alpha value is -0.380. The van der Waals surface area contributed by atoms with Crippen LogP contribution in [-0.4, -0.2) is 6.61 Å². The summed E-state index contributed by atoms with van der Waals surface area (Å²) in [4.78, 5) is 2.51. The van der Waals surface area contributed by atoms with Crippen molar-refractivity contribution in [3.05, 3.63) is 21.9 Å². The second-order valence-corrected chi connectivity index (χ2v) is 5.23. The molecule has 0 aliphatic heterocycles. The maximum absolute atomic E-state index is 5.66. The van der Waals surface area contributed by atoms with E-state index in [2.05, 4.69) is 26.0 Å². The van der Waals surface area contributed by atoms with E-state index in [1.165, 1.54) is 22.6 Å². The van der Waals surface area contributed by atoms with E-state index >= 15 is 0 Å². The highest BCUT2D eigenvalue weighted by Crippen LogP contribution is 2.17. The lowest BCUT2D eigenvalue weighted by Crippen LogP contribution is -2.04. The molecule has 1 aromatic rings. The Morgan fingerprint density at radius 1 is 1.40 bits per heavy atom. The fourth-order valence-corrected chi connectivity index (χ4v) is 2.38. The SMILES string of the molecule is CCCC(C)COCc1ccc(CN)s1. The highest BCUT2D eigenvalue weighted by molar-refractivity contribution is 7.11. The Kier molecular flexibility index (Phi) is 5.91. The van der Waals surface area contributed by atoms with Crippen molar-refractivity contribution in [3.63, 3.8) is 0 Å². The predicted octanol–water partition coefficient (Wildman–Crippen LogP) is 3.16. The van der Waals surface area contributed by atoms with Crippen LogP contribution >= 0.6 is 11.3 Å². The van der Waals surface area contributed by atoms with Gasteiger partial charge in [0, 0.05) is 22.9 Å². The van der Waals surface area contributed by atoms with Gasteiger partial charge in [0.2, 0.25) is 0 Å². The van der Waals surface area contributed by atoms with Crippen LogP contribution in [0.3, 0.4) is 0 Å². The molecule has 0 aliphatic rings. The van der Waals surface area contributed by atoms with Gasteiger partial charge < -0.3 is 10.5 Å². The first-order valence-electron chi connectivity index (χ1n) is 5.61. The molecule has 1 heterocycles. The van der Waals surface area contributed by atoms with Gasteiger partial charge in [-0.15, -0.1) is 11.3 Å². The van der Waals surface area contributed by atoms with Gasteiger partial charge in [0.25, 0.3) is 0 Å². The molecule has 15 heavy (non-hydrogen) atoms. The van der Waals surface area contributed by atoms with Crippen molar-refractivity contribution >= 4 is 11.3 Å². The quantitative estimate of drug-likeness (QED) is 0.776. The monoisotopic (exact) mass is 227 g/mol. The van der Waals surface area contributed by atoms with Crippen LogP contribution in [0.1, 0.15) is 36.4 Å². The van der Waals surface area contributed by atoms with Gasteiger partial charge in [0.15, 0.2) is 0 Å². The first-order chi connectivity index (χ1) is 7.26. The highest BCUT2D eigenvalue weighted by Gasteiger charge is 2.02. The molecule has 86 valence electrons. The largest absolute Gasteiger partial charge is 0.376 e. The van der Waals surface area contributed by atoms with Gasteiger partial charge in [-0.05, 0) is 24.5 Å². The standard InChI is InChI=1S/C12H21NOS/c1-3-4-10(2)8-14-9-12-6-5-11(7-13)15-12/h5-6,10H,3-4,7-9,13H2,1-2H3. The number of ether oxygens (including phenoxy) is 1. The first-order valence-corrected chi connectivity index (χ1v) is 6.43. The predicted molar refractivity (Wildman–Crippen MR) is 65.9 cm³/mol. The second kappa shape index (κ2) is 6.99. The summed E-state index contributed by atoms with van der Waals surface area (Å²) < 4.78 is 5.66. The Labute approximate surface area is 96.4 Å². The summed E-state index contributed by atoms with van der Waals surface area (Å²) in [6, 6.07) is 4.19. The van der Waals surface area contributed by atoms with Gasteiger partial charge in [-0.3, -0.25) is 0 Å². The smallest absolute Gasteiger partial charge is 0.0809 e. The third-order valence-electron chi connectivity index (χ3n) is 2.35. The van der Waals surface area contributed by atoms with Crippen LogP contribution < -0.4 is 5.73 Å². The Morgan fingerprint density at radius 2 is 2.13 bits per heavy atom. The fraction of sp³-hybridized carbons (Fsp3) is 0.667. The van der Waals surface area contributed by atoms with E-state index in [-0.39, 0.29) is 0 Å². The molecule has 0 spiro atoms. The fourth-order valence-electron chi connectivity index (χ4n) is 1.55. The van der Waals surface area contributed by atoms with E-state index in [1.807, 2.05) is 0 Å². The van der Waals surface area contributed by atoms with Crippen LogP contribution in [0.5, 0.6) is 0 Å². The number of rotatable bonds is 7. The van der Waals surface area contributed by atoms with Crippen molar-refractivity contribution in [2.75, 3.05) is 6.61 Å². The molecule has 1 rings (SSSR count). The minimum absolute atomic E-state index is 0.636. The van der Waals surface area contributed by atoms with E-state index in [0.29, 0.717) is 12.5 Å². The summed E-state index contributed by atoms with van der Waals surface area (Å²) in [6.45, 7) is 6.69. The van der Waals surface area contributed by atoms with Crippen LogP contribution in [0.2, 0.25) is 0 Å². The lowest BCUT2D eigenvalue weighted by Gasteiger charge is -2.09. The molecule has 3 heteroatoms. The molecule has 0 amide bonds. The summed E-state index contributed by atoms with van der Waals surface area (Å²) in [5.41, 5.74) is 5.55. The molecule has 0 fully saturated rings. The maximum Gasteiger partial charge on any atom is 0.0809 e. The number of hydrogen-bond donors (Lipinski definition) is 1. The molecule has 0 aromatic carbocycles. The number of thiophene rings is 1. The van der Waals surface area contributed by atoms with Crippen molar-refractivity contribution in [2.45, 2.75) is 39.8 Å². The normalized spacial score (nSPS) is 13.0. The Balaban J connectivity index is 2.19. The van der Waals surface area contributed by atoms with Crippen LogP contribution in [0.15, 0.2) is 12.1 Å². The molecule has 0 aliphatic carbocycles. The molecule has 0 saturated heterocycles. The molecule has 0 saturated carbocycles. The minimum atomic E-state index is 0.636. The van der Waals surface area contributed by atoms with E-state index in [0.717, 1.165) is 13.2 Å². The number of hydrogen-bond acceptors (Lipinski definition) is 3. The van der Waals surface area contributed by atoms with Crippen LogP contribution in [0.4, 0.5) is 0 Å². The minimum Gasteiger partial charge on any atom is -0.376 e. The van der Waals surface area contributed by atoms with Crippen molar-refractivity contribution in [2.24, 2.45) is 11.7 Å². The zero-order valence-corrected chi connectivity index (χ0v) is 10.5. The summed E-state index contributed by atoms with van der Waals surface area (Å²) in [6.07, 6.45) is 2.49. The average Bonchev–Trinajstić information content (AvgIpc) is 2.66. The van der Waals surface area contributed by atoms with E-state index in [4.69, 9.17) is 10.5 Å². The van der Waals surface area contributed by atoms with Gasteiger partial charge in [0.1, 0.15) is 0 Å². The van der Waals surface area contributed by atoms with Crippen LogP contribution in [0, 0.1) is 5.92 Å². The van der Waals surface area contributed by atoms with E-state index < -0.39 is 0 Å². The van der Waals surface area contributed by atoms with Gasteiger partial charge in [-0.25, -0.2) is 0 Å². The molecular formula is C12H21NOS. The molecule has 0 bridgehead atoms. The molecule has 1 unspecified atom stereocenters. The van der Waals surface area contributed by atoms with Crippen LogP contribution in [-0.2, 0) is 17.9 Å². The third-order valence-corrected chi connectivity index (χ3v) is 3.43. The van der Waals surface area contributed by atoms with Crippen LogP contribution in [0.25, 0.3) is 0 Å². The molecular weight excluding hydrogens is 206 g/mol. The first kappa shape index (κ1) is 12.7. The average molecular weight is 227 g/mol. The van der Waals surface area contributed by atoms with Crippen molar-refractivity contribution in [1.82, 2.24) is 0 Å². The van der Waals surface area contributed by atoms with Gasteiger partial charge in [-0.1, -0.05) is 20.3 Å². The molecule has 2 nitrogen and oxygen atoms in total. The Bertz CT molecular complexity index is 272. The number of nitrogens with two attached hydrogens (primary N) is 1. The lowest BCUT2D eigenvalue weighted by atomic mass is 10.1. The van der Waals surface area contributed by atoms with Gasteiger partial charge in [-0.2, -0.15) is 0 Å². The lowest BCUT2D eigenvalue weighted by molar-refractivity contribution is 0.0911. The second-order valence-electron chi connectivity index (χ2n) is 3.98. The molecule has 1 atom stereocenters. The highest BCUT2D eigenvalue weighted by atomic mass is 32.1. The summed E-state index contributed by atoms with van der Waals surface area (Å²) in [7, 11) is 0. The van der Waals surface area contributed by atoms with Gasteiger partial charge in [0.05, 0.1) is 6.61 Å². The Morgan fingerprint density at radius 3 is 2.73 bits per heavy atom. The third kappa shape index (κ3) is 4.78. The van der Waals surface area contributed by atoms with Gasteiger partial charge >= 0.3 is 0 Å². The van der Waals surface area contributed by atoms with Crippen molar-refractivity contribution in [3.8, 4) is 0 Å². The maximum atomic E-state index is 5.66. The topological polar surface area (TPSA) is 35.2 Å². The zero-order chi connectivity index (χ0) is 11.1. The molecule has 2 N–H and O–H groups in total. The summed E-state index contributed by atoms with van der Waals surface area (Å²) in [5, 5.41) is 0. The van der Waals surface area contributed by atoms with Crippen molar-refractivity contribution in [1.29, 1.82) is 0 Å².